The zero-order chi connectivity index (χ0) is 13.8. The minimum absolute atomic E-state index is 0.0233. The van der Waals surface area contributed by atoms with Gasteiger partial charge in [-0.05, 0) is 36.5 Å². The quantitative estimate of drug-likeness (QED) is 0.831. The van der Waals surface area contributed by atoms with E-state index in [1.807, 2.05) is 6.92 Å². The van der Waals surface area contributed by atoms with Crippen LogP contribution in [0.4, 0.5) is 4.39 Å². The van der Waals surface area contributed by atoms with Crippen molar-refractivity contribution in [2.45, 2.75) is 33.2 Å². The summed E-state index contributed by atoms with van der Waals surface area (Å²) in [6, 6.07) is 4.50. The van der Waals surface area contributed by atoms with Gasteiger partial charge in [0.05, 0.1) is 0 Å². The van der Waals surface area contributed by atoms with Crippen LogP contribution in [0, 0.1) is 11.2 Å². The Morgan fingerprint density at radius 2 is 2.11 bits per heavy atom. The zero-order valence-electron chi connectivity index (χ0n) is 11.1. The Balaban J connectivity index is 2.63. The van der Waals surface area contributed by atoms with Crippen LogP contribution in [-0.4, -0.2) is 18.3 Å². The topological polar surface area (TPSA) is 32.3 Å². The first-order valence-electron chi connectivity index (χ1n) is 6.15. The van der Waals surface area contributed by atoms with Crippen molar-refractivity contribution in [3.63, 3.8) is 0 Å². The number of aliphatic hydroxyl groups is 1. The highest BCUT2D eigenvalue weighted by Crippen LogP contribution is 2.25. The van der Waals surface area contributed by atoms with Gasteiger partial charge in [-0.2, -0.15) is 0 Å². The van der Waals surface area contributed by atoms with Gasteiger partial charge in [0, 0.05) is 24.2 Å². The van der Waals surface area contributed by atoms with Crippen molar-refractivity contribution in [1.29, 1.82) is 0 Å². The van der Waals surface area contributed by atoms with Crippen LogP contribution in [0.2, 0.25) is 5.02 Å². The second kappa shape index (κ2) is 6.50. The van der Waals surface area contributed by atoms with Gasteiger partial charge in [-0.15, -0.1) is 0 Å². The summed E-state index contributed by atoms with van der Waals surface area (Å²) >= 11 is 6.02. The standard InChI is InChI=1S/C14H21ClFNO/c1-10(17-9-14(2,3)6-7-18)12-5-4-11(16)8-13(12)15/h4-5,8,10,17-18H,6-7,9H2,1-3H3. The zero-order valence-corrected chi connectivity index (χ0v) is 11.9. The van der Waals surface area contributed by atoms with Crippen LogP contribution in [-0.2, 0) is 0 Å². The Bertz CT molecular complexity index is 395. The number of aliphatic hydroxyl groups excluding tert-OH is 1. The van der Waals surface area contributed by atoms with E-state index in [2.05, 4.69) is 19.2 Å². The van der Waals surface area contributed by atoms with E-state index in [0.29, 0.717) is 5.02 Å². The number of hydrogen-bond acceptors (Lipinski definition) is 2. The summed E-state index contributed by atoms with van der Waals surface area (Å²) in [6.45, 7) is 7.13. The van der Waals surface area contributed by atoms with Gasteiger partial charge in [-0.1, -0.05) is 31.5 Å². The van der Waals surface area contributed by atoms with E-state index in [1.165, 1.54) is 12.1 Å². The summed E-state index contributed by atoms with van der Waals surface area (Å²) in [6.07, 6.45) is 0.740. The predicted molar refractivity (Wildman–Crippen MR) is 73.3 cm³/mol. The summed E-state index contributed by atoms with van der Waals surface area (Å²) in [4.78, 5) is 0. The van der Waals surface area contributed by atoms with Crippen molar-refractivity contribution in [2.75, 3.05) is 13.2 Å². The molecule has 0 aliphatic heterocycles. The van der Waals surface area contributed by atoms with Crippen LogP contribution in [0.3, 0.4) is 0 Å². The van der Waals surface area contributed by atoms with Crippen molar-refractivity contribution in [3.8, 4) is 0 Å². The molecule has 0 aliphatic rings. The summed E-state index contributed by atoms with van der Waals surface area (Å²) in [5.74, 6) is -0.323. The van der Waals surface area contributed by atoms with Crippen LogP contribution in [0.1, 0.15) is 38.8 Å². The molecule has 1 atom stereocenters. The molecule has 2 N–H and O–H groups in total. The normalized spacial score (nSPS) is 13.7. The van der Waals surface area contributed by atoms with Crippen molar-refractivity contribution in [1.82, 2.24) is 5.32 Å². The Morgan fingerprint density at radius 1 is 1.44 bits per heavy atom. The van der Waals surface area contributed by atoms with E-state index >= 15 is 0 Å². The van der Waals surface area contributed by atoms with Gasteiger partial charge in [0.25, 0.3) is 0 Å². The predicted octanol–water partition coefficient (Wildman–Crippen LogP) is 3.54. The summed E-state index contributed by atoms with van der Waals surface area (Å²) in [5, 5.41) is 12.8. The fourth-order valence-corrected chi connectivity index (χ4v) is 2.11. The molecule has 18 heavy (non-hydrogen) atoms. The van der Waals surface area contributed by atoms with E-state index in [-0.39, 0.29) is 23.9 Å². The highest BCUT2D eigenvalue weighted by atomic mass is 35.5. The molecular formula is C14H21ClFNO. The maximum atomic E-state index is 13.0. The molecule has 2 nitrogen and oxygen atoms in total. The third-order valence-electron chi connectivity index (χ3n) is 3.10. The van der Waals surface area contributed by atoms with Crippen molar-refractivity contribution in [2.24, 2.45) is 5.41 Å². The minimum atomic E-state index is -0.323. The van der Waals surface area contributed by atoms with Crippen LogP contribution in [0.15, 0.2) is 18.2 Å². The lowest BCUT2D eigenvalue weighted by Gasteiger charge is -2.27. The molecule has 0 amide bonds. The largest absolute Gasteiger partial charge is 0.396 e. The van der Waals surface area contributed by atoms with Crippen molar-refractivity contribution < 1.29 is 9.50 Å². The summed E-state index contributed by atoms with van der Waals surface area (Å²) in [5.41, 5.74) is 0.910. The van der Waals surface area contributed by atoms with E-state index < -0.39 is 0 Å². The number of hydrogen-bond donors (Lipinski definition) is 2. The molecular weight excluding hydrogens is 253 g/mol. The molecule has 0 aliphatic carbocycles. The second-order valence-electron chi connectivity index (χ2n) is 5.41. The Labute approximate surface area is 113 Å². The molecule has 1 aromatic rings. The molecule has 1 aromatic carbocycles. The van der Waals surface area contributed by atoms with Crippen LogP contribution in [0.25, 0.3) is 0 Å². The van der Waals surface area contributed by atoms with Gasteiger partial charge in [-0.25, -0.2) is 4.39 Å². The Hall–Kier alpha value is -0.640. The lowest BCUT2D eigenvalue weighted by molar-refractivity contribution is 0.204. The lowest BCUT2D eigenvalue weighted by Crippen LogP contribution is -2.32. The maximum Gasteiger partial charge on any atom is 0.124 e. The molecule has 1 unspecified atom stereocenters. The minimum Gasteiger partial charge on any atom is -0.396 e. The molecule has 0 radical (unpaired) electrons. The monoisotopic (exact) mass is 273 g/mol. The van der Waals surface area contributed by atoms with Crippen molar-refractivity contribution in [3.05, 3.63) is 34.6 Å². The van der Waals surface area contributed by atoms with Gasteiger partial charge >= 0.3 is 0 Å². The third kappa shape index (κ3) is 4.56. The van der Waals surface area contributed by atoms with E-state index in [1.54, 1.807) is 6.07 Å². The molecule has 0 saturated carbocycles. The number of rotatable bonds is 6. The second-order valence-corrected chi connectivity index (χ2v) is 5.81. The first-order chi connectivity index (χ1) is 8.35. The summed E-state index contributed by atoms with van der Waals surface area (Å²) < 4.78 is 13.0. The Kier molecular flexibility index (Phi) is 5.57. The van der Waals surface area contributed by atoms with E-state index in [0.717, 1.165) is 18.5 Å². The van der Waals surface area contributed by atoms with E-state index in [4.69, 9.17) is 16.7 Å². The SMILES string of the molecule is CC(NCC(C)(C)CCO)c1ccc(F)cc1Cl. The third-order valence-corrected chi connectivity index (χ3v) is 3.43. The number of benzene rings is 1. The van der Waals surface area contributed by atoms with E-state index in [9.17, 15) is 4.39 Å². The van der Waals surface area contributed by atoms with Gasteiger partial charge in [0.1, 0.15) is 5.82 Å². The molecule has 102 valence electrons. The molecule has 1 rings (SSSR count). The van der Waals surface area contributed by atoms with Gasteiger partial charge in [0.2, 0.25) is 0 Å². The molecule has 0 fully saturated rings. The first kappa shape index (κ1) is 15.4. The highest BCUT2D eigenvalue weighted by molar-refractivity contribution is 6.31. The van der Waals surface area contributed by atoms with Gasteiger partial charge in [0.15, 0.2) is 0 Å². The van der Waals surface area contributed by atoms with Gasteiger partial charge < -0.3 is 10.4 Å². The average Bonchev–Trinajstić information content (AvgIpc) is 2.26. The average molecular weight is 274 g/mol. The Morgan fingerprint density at radius 3 is 2.67 bits per heavy atom. The number of nitrogens with one attached hydrogen (secondary N) is 1. The molecule has 0 saturated heterocycles. The molecule has 0 bridgehead atoms. The molecule has 0 spiro atoms. The molecule has 0 heterocycles. The van der Waals surface area contributed by atoms with Gasteiger partial charge in [-0.3, -0.25) is 0 Å². The first-order valence-corrected chi connectivity index (χ1v) is 6.53. The fourth-order valence-electron chi connectivity index (χ4n) is 1.78. The fraction of sp³-hybridized carbons (Fsp3) is 0.571. The molecule has 0 aromatic heterocycles. The molecule has 4 heteroatoms. The smallest absolute Gasteiger partial charge is 0.124 e. The van der Waals surface area contributed by atoms with Crippen molar-refractivity contribution >= 4 is 11.6 Å². The lowest BCUT2D eigenvalue weighted by atomic mass is 9.89. The summed E-state index contributed by atoms with van der Waals surface area (Å²) in [7, 11) is 0. The highest BCUT2D eigenvalue weighted by Gasteiger charge is 2.19. The maximum absolute atomic E-state index is 13.0. The van der Waals surface area contributed by atoms with Crippen LogP contribution >= 0.6 is 11.6 Å². The van der Waals surface area contributed by atoms with Crippen LogP contribution in [0.5, 0.6) is 0 Å². The number of halogens is 2. The van der Waals surface area contributed by atoms with Crippen LogP contribution < -0.4 is 5.32 Å².